The first-order valence-electron chi connectivity index (χ1n) is 18.6. The van der Waals surface area contributed by atoms with Crippen molar-refractivity contribution >= 4 is 75.1 Å². The van der Waals surface area contributed by atoms with Gasteiger partial charge < -0.3 is 65.9 Å². The Kier molecular flexibility index (Phi) is 19.5. The van der Waals surface area contributed by atoms with Gasteiger partial charge >= 0.3 is 23.5 Å². The van der Waals surface area contributed by atoms with Gasteiger partial charge in [0.25, 0.3) is 0 Å². The number of anilines is 1. The number of hydrogen-bond acceptors (Lipinski definition) is 21. The average molecular weight is 979 g/mol. The summed E-state index contributed by atoms with van der Waals surface area (Å²) in [5.41, 5.74) is 3.32. The molecule has 0 radical (unpaired) electrons. The molecule has 0 saturated carbocycles. The van der Waals surface area contributed by atoms with Crippen LogP contribution in [-0.4, -0.2) is 139 Å². The first-order chi connectivity index (χ1) is 29.0. The van der Waals surface area contributed by atoms with Crippen molar-refractivity contribution in [2.45, 2.75) is 96.0 Å². The molecule has 2 aromatic heterocycles. The molecule has 0 aliphatic carbocycles. The summed E-state index contributed by atoms with van der Waals surface area (Å²) < 4.78 is 62.2. The molecule has 11 N–H and O–H groups in total. The largest absolute Gasteiger partial charge is 0.550 e. The maximum atomic E-state index is 12.7. The summed E-state index contributed by atoms with van der Waals surface area (Å²) in [5.74, 6) is -3.08. The van der Waals surface area contributed by atoms with Crippen molar-refractivity contribution in [1.82, 2.24) is 30.2 Å². The Morgan fingerprint density at radius 1 is 1.05 bits per heavy atom. The Morgan fingerprint density at radius 2 is 1.71 bits per heavy atom. The highest BCUT2D eigenvalue weighted by molar-refractivity contribution is 8.13. The van der Waals surface area contributed by atoms with Crippen LogP contribution in [0.25, 0.3) is 11.2 Å². The monoisotopic (exact) mass is 978 g/mol. The van der Waals surface area contributed by atoms with Gasteiger partial charge in [0, 0.05) is 49.5 Å². The minimum absolute atomic E-state index is 0.00179. The van der Waals surface area contributed by atoms with Crippen LogP contribution in [0, 0.1) is 5.41 Å². The lowest BCUT2D eigenvalue weighted by molar-refractivity contribution is -0.309. The number of aromatic nitrogens is 4. The lowest BCUT2D eigenvalue weighted by Crippen LogP contribution is -2.46. The normalized spacial score (nSPS) is 21.4. The van der Waals surface area contributed by atoms with Gasteiger partial charge in [-0.3, -0.25) is 32.5 Å². The van der Waals surface area contributed by atoms with Crippen LogP contribution in [0.15, 0.2) is 24.3 Å². The lowest BCUT2D eigenvalue weighted by atomic mass is 9.87. The van der Waals surface area contributed by atoms with Gasteiger partial charge in [0.1, 0.15) is 36.3 Å². The molecular weight excluding hydrogens is 927 g/mol. The number of fused-ring (bicyclic) bond motifs is 1. The number of carbonyl (C=O) groups is 4. The summed E-state index contributed by atoms with van der Waals surface area (Å²) >= 11 is 0.775. The zero-order valence-electron chi connectivity index (χ0n) is 34.2. The third kappa shape index (κ3) is 17.6. The number of nitrogens with zero attached hydrogens (tertiary/aromatic N) is 4. The number of phosphoric ester groups is 3. The molecule has 8 unspecified atom stereocenters. The second-order valence-electron chi connectivity index (χ2n) is 15.1. The molecule has 1 aliphatic heterocycles. The zero-order chi connectivity index (χ0) is 47.6. The zero-order valence-corrected chi connectivity index (χ0v) is 37.7. The van der Waals surface area contributed by atoms with Crippen molar-refractivity contribution in [3.8, 4) is 0 Å². The Balaban J connectivity index is 1.45. The van der Waals surface area contributed by atoms with E-state index in [9.17, 15) is 72.9 Å². The van der Waals surface area contributed by atoms with Gasteiger partial charge in [-0.05, 0) is 26.7 Å². The molecule has 1 fully saturated rings. The number of nitrogens with one attached hydrogen (secondary N) is 2. The Morgan fingerprint density at radius 3 is 2.35 bits per heavy atom. The van der Waals surface area contributed by atoms with Crippen molar-refractivity contribution < 1.29 is 95.5 Å². The predicted molar refractivity (Wildman–Crippen MR) is 215 cm³/mol. The summed E-state index contributed by atoms with van der Waals surface area (Å²) in [6.45, 7) is 3.71. The van der Waals surface area contributed by atoms with Crippen LogP contribution in [0.4, 0.5) is 5.82 Å². The van der Waals surface area contributed by atoms with Gasteiger partial charge in [-0.15, -0.1) is 0 Å². The number of hydrogen-bond donors (Lipinski definition) is 10. The number of carboxylic acid groups (broad SMARTS) is 1. The van der Waals surface area contributed by atoms with Crippen molar-refractivity contribution in [3.63, 3.8) is 0 Å². The summed E-state index contributed by atoms with van der Waals surface area (Å²) in [7, 11) is -16.5. The topological polar surface area (TPSA) is 424 Å². The number of amides is 2. The SMILES string of the molecule is CC(C)=CCCC(O)(CC(=O)[O-])CC(=O)SCCNC(=O)CCNC(=O)C(O)C(C)(C)COP(=O)(O)OP(=O)(O)OCC1OC(n2cnc3c(N)ncnc32)C(O)C1OP(=O)(O)O. The number of ether oxygens (including phenoxy) is 1. The van der Waals surface area contributed by atoms with E-state index in [1.165, 1.54) is 13.8 Å². The molecule has 0 spiro atoms. The van der Waals surface area contributed by atoms with Crippen molar-refractivity contribution in [2.75, 3.05) is 37.8 Å². The van der Waals surface area contributed by atoms with E-state index in [0.29, 0.717) is 6.42 Å². The summed E-state index contributed by atoms with van der Waals surface area (Å²) in [6.07, 6.45) is -6.21. The highest BCUT2D eigenvalue weighted by atomic mass is 32.2. The number of nitrogen functional groups attached to an aromatic ring is 1. The number of carboxylic acids is 1. The molecule has 3 heterocycles. The van der Waals surface area contributed by atoms with Crippen LogP contribution in [0.5, 0.6) is 0 Å². The van der Waals surface area contributed by atoms with E-state index in [1.807, 2.05) is 13.8 Å². The highest BCUT2D eigenvalue weighted by Gasteiger charge is 2.50. The van der Waals surface area contributed by atoms with Gasteiger partial charge in [-0.2, -0.15) is 4.31 Å². The molecule has 2 aromatic rings. The average Bonchev–Trinajstić information content (AvgIpc) is 3.70. The number of allylic oxidation sites excluding steroid dienone is 2. The Hall–Kier alpha value is -3.27. The molecular formula is C32H51N7O20P3S-. The minimum atomic E-state index is -5.61. The summed E-state index contributed by atoms with van der Waals surface area (Å²) in [6, 6.07) is 0. The molecule has 1 aliphatic rings. The molecule has 27 nitrogen and oxygen atoms in total. The number of aliphatic hydroxyl groups is 3. The molecule has 31 heteroatoms. The quantitative estimate of drug-likeness (QED) is 0.0297. The first-order valence-corrected chi connectivity index (χ1v) is 24.1. The number of nitrogens with two attached hydrogens (primary N) is 1. The van der Waals surface area contributed by atoms with E-state index in [2.05, 4.69) is 34.4 Å². The van der Waals surface area contributed by atoms with Crippen molar-refractivity contribution in [3.05, 3.63) is 24.3 Å². The third-order valence-corrected chi connectivity index (χ3v) is 12.8. The van der Waals surface area contributed by atoms with Crippen LogP contribution in [0.1, 0.15) is 66.0 Å². The number of thioether (sulfide) groups is 1. The van der Waals surface area contributed by atoms with Gasteiger partial charge in [-0.25, -0.2) is 28.6 Å². The molecule has 0 bridgehead atoms. The van der Waals surface area contributed by atoms with Crippen LogP contribution >= 0.6 is 35.2 Å². The second kappa shape index (κ2) is 22.8. The maximum Gasteiger partial charge on any atom is 0.481 e. The first kappa shape index (κ1) is 54.1. The van der Waals surface area contributed by atoms with Gasteiger partial charge in [0.2, 0.25) is 11.8 Å². The standard InChI is InChI=1S/C32H52N7O20P3S/c1-18(2)6-5-8-32(47,12-21(41)42)13-22(43)63-11-10-34-20(40)7-9-35-29(46)26(45)31(3,4)15-56-62(53,54)59-61(51,52)55-14-19-25(58-60(48,49)50)24(44)30(57-19)39-17-38-23-27(33)36-16-37-28(23)39/h6,16-17,19,24-26,30,44-45,47H,5,7-15H2,1-4H3,(H,34,40)(H,35,46)(H,41,42)(H,51,52)(H,53,54)(H2,33,36,37)(H2,48,49,50)/p-1. The van der Waals surface area contributed by atoms with Crippen molar-refractivity contribution in [1.29, 1.82) is 0 Å². The van der Waals surface area contributed by atoms with Crippen LogP contribution < -0.4 is 21.5 Å². The van der Waals surface area contributed by atoms with Crippen LogP contribution in [0.3, 0.4) is 0 Å². The van der Waals surface area contributed by atoms with E-state index >= 15 is 0 Å². The smallest absolute Gasteiger partial charge is 0.481 e. The molecule has 0 aromatic carbocycles. The second-order valence-corrected chi connectivity index (χ2v) is 20.4. The van der Waals surface area contributed by atoms with E-state index in [-0.39, 0.29) is 48.7 Å². The lowest BCUT2D eigenvalue weighted by Gasteiger charge is -2.30. The fourth-order valence-electron chi connectivity index (χ4n) is 5.75. The van der Waals surface area contributed by atoms with Gasteiger partial charge in [-0.1, -0.05) is 37.3 Å². The van der Waals surface area contributed by atoms with Gasteiger partial charge in [0.15, 0.2) is 22.8 Å². The van der Waals surface area contributed by atoms with Crippen LogP contribution in [-0.2, 0) is 55.5 Å². The number of aliphatic carboxylic acids is 1. The Bertz CT molecular complexity index is 2120. The van der Waals surface area contributed by atoms with Crippen molar-refractivity contribution in [2.24, 2.45) is 5.41 Å². The molecule has 1 saturated heterocycles. The number of phosphoric acid groups is 3. The Labute approximate surface area is 363 Å². The molecule has 63 heavy (non-hydrogen) atoms. The third-order valence-electron chi connectivity index (χ3n) is 8.87. The molecule has 8 atom stereocenters. The fraction of sp³-hybridized carbons (Fsp3) is 0.656. The molecule has 2 amide bonds. The van der Waals surface area contributed by atoms with Gasteiger partial charge in [0.05, 0.1) is 25.1 Å². The van der Waals surface area contributed by atoms with E-state index < -0.39 is 114 Å². The number of aliphatic hydroxyl groups excluding tert-OH is 2. The molecule has 3 rings (SSSR count). The number of rotatable bonds is 26. The van der Waals surface area contributed by atoms with Crippen LogP contribution in [0.2, 0.25) is 0 Å². The molecule has 356 valence electrons. The maximum absolute atomic E-state index is 12.7. The summed E-state index contributed by atoms with van der Waals surface area (Å²) in [4.78, 5) is 99.4. The predicted octanol–water partition coefficient (Wildman–Crippen LogP) is -1.33. The van der Waals surface area contributed by atoms with E-state index in [0.717, 1.165) is 34.6 Å². The summed E-state index contributed by atoms with van der Waals surface area (Å²) in [5, 5.41) is 47.6. The van der Waals surface area contributed by atoms with E-state index in [4.69, 9.17) is 19.5 Å². The number of carbonyl (C=O) groups excluding carboxylic acids is 4. The van der Waals surface area contributed by atoms with E-state index in [1.54, 1.807) is 6.08 Å². The minimum Gasteiger partial charge on any atom is -0.550 e. The number of imidazole rings is 1. The highest BCUT2D eigenvalue weighted by Crippen LogP contribution is 2.61. The fourth-order valence-corrected chi connectivity index (χ4v) is 9.38.